The molecular weight excluding hydrogens is 276 g/mol. The highest BCUT2D eigenvalue weighted by atomic mass is 16.6. The molecule has 0 bridgehead atoms. The van der Waals surface area contributed by atoms with Gasteiger partial charge in [0, 0.05) is 31.7 Å². The molecule has 0 N–H and O–H groups in total. The Morgan fingerprint density at radius 3 is 2.18 bits per heavy atom. The largest absolute Gasteiger partial charge is 0.444 e. The third-order valence-electron chi connectivity index (χ3n) is 4.94. The van der Waals surface area contributed by atoms with Crippen molar-refractivity contribution in [2.45, 2.75) is 84.4 Å². The summed E-state index contributed by atoms with van der Waals surface area (Å²) >= 11 is 0. The first kappa shape index (κ1) is 17.6. The van der Waals surface area contributed by atoms with Gasteiger partial charge in [0.25, 0.3) is 0 Å². The third-order valence-corrected chi connectivity index (χ3v) is 4.94. The zero-order valence-corrected chi connectivity index (χ0v) is 15.1. The van der Waals surface area contributed by atoms with Gasteiger partial charge in [-0.2, -0.15) is 0 Å². The second-order valence-electron chi connectivity index (χ2n) is 8.29. The minimum Gasteiger partial charge on any atom is -0.444 e. The average Bonchev–Trinajstić information content (AvgIpc) is 2.34. The number of nitrogens with zero attached hydrogens (tertiary/aromatic N) is 2. The molecule has 1 heterocycles. The van der Waals surface area contributed by atoms with Crippen LogP contribution in [0.15, 0.2) is 0 Å². The molecule has 2 aliphatic rings. The van der Waals surface area contributed by atoms with Gasteiger partial charge in [-0.25, -0.2) is 4.79 Å². The molecule has 1 saturated carbocycles. The minimum absolute atomic E-state index is 0.148. The summed E-state index contributed by atoms with van der Waals surface area (Å²) in [5.41, 5.74) is -0.396. The van der Waals surface area contributed by atoms with Crippen molar-refractivity contribution in [2.75, 3.05) is 19.6 Å². The summed E-state index contributed by atoms with van der Waals surface area (Å²) in [4.78, 5) is 16.7. The van der Waals surface area contributed by atoms with Crippen molar-refractivity contribution in [3.8, 4) is 0 Å². The van der Waals surface area contributed by atoms with Gasteiger partial charge in [0.15, 0.2) is 0 Å². The third kappa shape index (κ3) is 4.87. The van der Waals surface area contributed by atoms with Gasteiger partial charge in [-0.3, -0.25) is 4.90 Å². The fourth-order valence-electron chi connectivity index (χ4n) is 3.42. The van der Waals surface area contributed by atoms with Crippen molar-refractivity contribution in [1.82, 2.24) is 9.80 Å². The average molecular weight is 310 g/mol. The van der Waals surface area contributed by atoms with Crippen molar-refractivity contribution < 1.29 is 9.53 Å². The lowest BCUT2D eigenvalue weighted by molar-refractivity contribution is 0.0128. The van der Waals surface area contributed by atoms with E-state index < -0.39 is 5.60 Å². The molecule has 2 fully saturated rings. The second-order valence-corrected chi connectivity index (χ2v) is 8.29. The number of piperidine rings is 1. The Kier molecular flexibility index (Phi) is 5.76. The number of carbonyl (C=O) groups excluding carboxylic acids is 1. The van der Waals surface area contributed by atoms with E-state index in [4.69, 9.17) is 4.74 Å². The molecule has 0 spiro atoms. The van der Waals surface area contributed by atoms with Crippen molar-refractivity contribution in [2.24, 2.45) is 5.92 Å². The molecule has 0 aromatic heterocycles. The van der Waals surface area contributed by atoms with Gasteiger partial charge in [0.1, 0.15) is 5.60 Å². The van der Waals surface area contributed by atoms with Crippen LogP contribution in [0, 0.1) is 5.92 Å². The van der Waals surface area contributed by atoms with E-state index in [9.17, 15) is 4.79 Å². The van der Waals surface area contributed by atoms with Crippen LogP contribution in [-0.4, -0.2) is 53.2 Å². The SMILES string of the molecule is CC(C)N(CC1CCN(C(=O)OC(C)(C)C)CC1)C1CCC1. The fraction of sp³-hybridized carbons (Fsp3) is 0.944. The van der Waals surface area contributed by atoms with Gasteiger partial charge in [-0.15, -0.1) is 0 Å². The summed E-state index contributed by atoms with van der Waals surface area (Å²) in [6, 6.07) is 1.44. The molecular formula is C18H34N2O2. The molecule has 22 heavy (non-hydrogen) atoms. The number of ether oxygens (including phenoxy) is 1. The van der Waals surface area contributed by atoms with Crippen molar-refractivity contribution in [1.29, 1.82) is 0 Å². The quantitative estimate of drug-likeness (QED) is 0.789. The van der Waals surface area contributed by atoms with Crippen LogP contribution in [0.5, 0.6) is 0 Å². The van der Waals surface area contributed by atoms with Crippen molar-refractivity contribution >= 4 is 6.09 Å². The standard InChI is InChI=1S/C18H34N2O2/c1-14(2)20(16-7-6-8-16)13-15-9-11-19(12-10-15)17(21)22-18(3,4)5/h14-16H,6-13H2,1-5H3. The molecule has 0 radical (unpaired) electrons. The number of amides is 1. The summed E-state index contributed by atoms with van der Waals surface area (Å²) < 4.78 is 5.47. The van der Waals surface area contributed by atoms with Crippen molar-refractivity contribution in [3.05, 3.63) is 0 Å². The van der Waals surface area contributed by atoms with Crippen LogP contribution in [0.4, 0.5) is 4.79 Å². The van der Waals surface area contributed by atoms with Gasteiger partial charge in [0.2, 0.25) is 0 Å². The van der Waals surface area contributed by atoms with Crippen LogP contribution < -0.4 is 0 Å². The van der Waals surface area contributed by atoms with Crippen molar-refractivity contribution in [3.63, 3.8) is 0 Å². The molecule has 1 amide bonds. The smallest absolute Gasteiger partial charge is 0.410 e. The molecule has 1 aliphatic carbocycles. The first-order chi connectivity index (χ1) is 10.3. The monoisotopic (exact) mass is 310 g/mol. The Balaban J connectivity index is 1.77. The molecule has 0 unspecified atom stereocenters. The molecule has 0 aromatic carbocycles. The summed E-state index contributed by atoms with van der Waals surface area (Å²) in [6.07, 6.45) is 6.20. The summed E-state index contributed by atoms with van der Waals surface area (Å²) in [5.74, 6) is 0.724. The Morgan fingerprint density at radius 2 is 1.77 bits per heavy atom. The number of hydrogen-bond donors (Lipinski definition) is 0. The van der Waals surface area contributed by atoms with E-state index in [2.05, 4.69) is 18.7 Å². The number of carbonyl (C=O) groups is 1. The lowest BCUT2D eigenvalue weighted by Gasteiger charge is -2.43. The van der Waals surface area contributed by atoms with Crippen LogP contribution in [0.1, 0.15) is 66.7 Å². The maximum atomic E-state index is 12.1. The summed E-state index contributed by atoms with van der Waals surface area (Å²) in [7, 11) is 0. The van der Waals surface area contributed by atoms with E-state index in [1.54, 1.807) is 0 Å². The topological polar surface area (TPSA) is 32.8 Å². The predicted molar refractivity (Wildman–Crippen MR) is 90.0 cm³/mol. The molecule has 1 aliphatic heterocycles. The first-order valence-corrected chi connectivity index (χ1v) is 9.00. The highest BCUT2D eigenvalue weighted by Gasteiger charge is 2.31. The zero-order chi connectivity index (χ0) is 16.3. The molecule has 2 rings (SSSR count). The second kappa shape index (κ2) is 7.20. The Morgan fingerprint density at radius 1 is 1.18 bits per heavy atom. The number of likely N-dealkylation sites (tertiary alicyclic amines) is 1. The van der Waals surface area contributed by atoms with E-state index in [0.29, 0.717) is 6.04 Å². The van der Waals surface area contributed by atoms with E-state index >= 15 is 0 Å². The minimum atomic E-state index is -0.396. The molecule has 1 saturated heterocycles. The van der Waals surface area contributed by atoms with Crippen LogP contribution in [0.25, 0.3) is 0 Å². The van der Waals surface area contributed by atoms with Crippen LogP contribution in [-0.2, 0) is 4.74 Å². The number of rotatable bonds is 4. The van der Waals surface area contributed by atoms with Crippen LogP contribution in [0.3, 0.4) is 0 Å². The van der Waals surface area contributed by atoms with Gasteiger partial charge in [-0.1, -0.05) is 6.42 Å². The van der Waals surface area contributed by atoms with E-state index in [1.165, 1.54) is 25.8 Å². The van der Waals surface area contributed by atoms with E-state index in [-0.39, 0.29) is 6.09 Å². The van der Waals surface area contributed by atoms with Crippen LogP contribution in [0.2, 0.25) is 0 Å². The van der Waals surface area contributed by atoms with Gasteiger partial charge < -0.3 is 9.64 Å². The fourth-order valence-corrected chi connectivity index (χ4v) is 3.42. The Labute approximate surface area is 136 Å². The van der Waals surface area contributed by atoms with Gasteiger partial charge in [0.05, 0.1) is 0 Å². The molecule has 4 heteroatoms. The summed E-state index contributed by atoms with van der Waals surface area (Å²) in [5, 5.41) is 0. The van der Waals surface area contributed by atoms with Gasteiger partial charge >= 0.3 is 6.09 Å². The molecule has 128 valence electrons. The lowest BCUT2D eigenvalue weighted by Crippen LogP contribution is -2.49. The summed E-state index contributed by atoms with van der Waals surface area (Å²) in [6.45, 7) is 13.3. The maximum Gasteiger partial charge on any atom is 0.410 e. The van der Waals surface area contributed by atoms with Crippen LogP contribution >= 0.6 is 0 Å². The lowest BCUT2D eigenvalue weighted by atomic mass is 9.88. The van der Waals surface area contributed by atoms with Gasteiger partial charge in [-0.05, 0) is 66.2 Å². The maximum absolute atomic E-state index is 12.1. The normalized spacial score (nSPS) is 21.3. The molecule has 0 atom stereocenters. The Bertz CT molecular complexity index is 364. The zero-order valence-electron chi connectivity index (χ0n) is 15.1. The first-order valence-electron chi connectivity index (χ1n) is 9.00. The number of hydrogen-bond acceptors (Lipinski definition) is 3. The Hall–Kier alpha value is -0.770. The predicted octanol–water partition coefficient (Wildman–Crippen LogP) is 3.90. The molecule has 4 nitrogen and oxygen atoms in total. The van der Waals surface area contributed by atoms with E-state index in [0.717, 1.165) is 37.9 Å². The highest BCUT2D eigenvalue weighted by Crippen LogP contribution is 2.29. The molecule has 0 aromatic rings. The van der Waals surface area contributed by atoms with E-state index in [1.807, 2.05) is 25.7 Å². The highest BCUT2D eigenvalue weighted by molar-refractivity contribution is 5.68.